The molecule has 0 spiro atoms. The first-order valence-corrected chi connectivity index (χ1v) is 7.65. The van der Waals surface area contributed by atoms with E-state index in [4.69, 9.17) is 4.18 Å². The van der Waals surface area contributed by atoms with Gasteiger partial charge in [-0.05, 0) is 42.6 Å². The van der Waals surface area contributed by atoms with Gasteiger partial charge in [-0.1, -0.05) is 34.1 Å². The van der Waals surface area contributed by atoms with Crippen molar-refractivity contribution in [2.75, 3.05) is 12.9 Å². The summed E-state index contributed by atoms with van der Waals surface area (Å²) >= 11 is 1.35. The summed E-state index contributed by atoms with van der Waals surface area (Å²) in [6.45, 7) is 8.95. The van der Waals surface area contributed by atoms with E-state index in [-0.39, 0.29) is 0 Å². The highest BCUT2D eigenvalue weighted by atomic mass is 32.2. The molecular formula is C14H26FNOS. The van der Waals surface area contributed by atoms with E-state index in [1.54, 1.807) is 0 Å². The lowest BCUT2D eigenvalue weighted by Crippen LogP contribution is -1.93. The van der Waals surface area contributed by atoms with Gasteiger partial charge in [0.2, 0.25) is 5.95 Å². The van der Waals surface area contributed by atoms with E-state index in [0.717, 1.165) is 18.4 Å². The molecule has 4 heteroatoms. The van der Waals surface area contributed by atoms with Crippen molar-refractivity contribution in [2.24, 2.45) is 0 Å². The summed E-state index contributed by atoms with van der Waals surface area (Å²) in [5, 5.41) is 0. The van der Waals surface area contributed by atoms with Crippen molar-refractivity contribution in [3.05, 3.63) is 29.8 Å². The molecular weight excluding hydrogens is 249 g/mol. The van der Waals surface area contributed by atoms with E-state index in [1.165, 1.54) is 30.7 Å². The van der Waals surface area contributed by atoms with Crippen LogP contribution in [0.25, 0.3) is 0 Å². The Morgan fingerprint density at radius 3 is 2.44 bits per heavy atom. The molecule has 0 aliphatic heterocycles. The molecule has 0 radical (unpaired) electrons. The lowest BCUT2D eigenvalue weighted by atomic mass is 10.1. The third-order valence-electron chi connectivity index (χ3n) is 1.60. The fourth-order valence-electron chi connectivity index (χ4n) is 1.02. The minimum absolute atomic E-state index is 0.414. The number of hydrogen-bond donors (Lipinski definition) is 0. The second-order valence-corrected chi connectivity index (χ2v) is 3.86. The molecule has 0 saturated heterocycles. The van der Waals surface area contributed by atoms with Crippen LogP contribution < -0.4 is 0 Å². The first-order valence-electron chi connectivity index (χ1n) is 6.50. The molecule has 1 heterocycles. The molecule has 0 unspecified atom stereocenters. The van der Waals surface area contributed by atoms with Gasteiger partial charge in [0.1, 0.15) is 0 Å². The van der Waals surface area contributed by atoms with Gasteiger partial charge in [0, 0.05) is 12.5 Å². The zero-order chi connectivity index (χ0) is 14.2. The number of aromatic nitrogens is 1. The van der Waals surface area contributed by atoms with Crippen LogP contribution >= 0.6 is 12.0 Å². The molecule has 106 valence electrons. The highest BCUT2D eigenvalue weighted by Crippen LogP contribution is 2.05. The van der Waals surface area contributed by atoms with E-state index >= 15 is 0 Å². The van der Waals surface area contributed by atoms with E-state index in [2.05, 4.69) is 18.8 Å². The number of halogens is 1. The summed E-state index contributed by atoms with van der Waals surface area (Å²) in [6, 6.07) is 3.28. The average molecular weight is 275 g/mol. The summed E-state index contributed by atoms with van der Waals surface area (Å²) in [7, 11) is 0. The van der Waals surface area contributed by atoms with Gasteiger partial charge in [-0.25, -0.2) is 4.98 Å². The molecule has 1 aromatic heterocycles. The maximum atomic E-state index is 12.6. The maximum Gasteiger partial charge on any atom is 0.213 e. The zero-order valence-electron chi connectivity index (χ0n) is 12.2. The standard InChI is InChI=1S/C9H12FNOS.C3H8.C2H6/c1-13-12-6-2-3-8-4-5-11-9(10)7-8;1-3-2;1-2/h4-5,7H,2-3,6H2,1H3;3H2,1-2H3;1-2H3. The second-order valence-electron chi connectivity index (χ2n) is 3.29. The highest BCUT2D eigenvalue weighted by Gasteiger charge is 1.95. The Hall–Kier alpha value is -0.610. The maximum absolute atomic E-state index is 12.6. The molecule has 0 N–H and O–H groups in total. The fourth-order valence-corrected chi connectivity index (χ4v) is 1.30. The molecule has 0 aromatic carbocycles. The smallest absolute Gasteiger partial charge is 0.213 e. The Morgan fingerprint density at radius 2 is 1.94 bits per heavy atom. The SMILES string of the molecule is CC.CCC.CSOCCCc1ccnc(F)c1. The van der Waals surface area contributed by atoms with Gasteiger partial charge < -0.3 is 4.18 Å². The topological polar surface area (TPSA) is 22.1 Å². The third kappa shape index (κ3) is 13.5. The van der Waals surface area contributed by atoms with Gasteiger partial charge in [0.05, 0.1) is 6.61 Å². The van der Waals surface area contributed by atoms with Crippen molar-refractivity contribution in [1.82, 2.24) is 4.98 Å². The summed E-state index contributed by atoms with van der Waals surface area (Å²) in [4.78, 5) is 3.48. The van der Waals surface area contributed by atoms with Crippen LogP contribution in [0.1, 0.15) is 46.1 Å². The van der Waals surface area contributed by atoms with E-state index in [1.807, 2.05) is 26.2 Å². The first-order chi connectivity index (χ1) is 8.74. The van der Waals surface area contributed by atoms with Crippen molar-refractivity contribution in [1.29, 1.82) is 0 Å². The van der Waals surface area contributed by atoms with Gasteiger partial charge in [0.15, 0.2) is 0 Å². The van der Waals surface area contributed by atoms with Crippen LogP contribution in [-0.4, -0.2) is 17.8 Å². The lowest BCUT2D eigenvalue weighted by Gasteiger charge is -2.00. The van der Waals surface area contributed by atoms with Crippen molar-refractivity contribution < 1.29 is 8.57 Å². The average Bonchev–Trinajstić information content (AvgIpc) is 2.38. The van der Waals surface area contributed by atoms with Crippen LogP contribution in [-0.2, 0) is 10.6 Å². The van der Waals surface area contributed by atoms with Gasteiger partial charge in [-0.2, -0.15) is 4.39 Å². The molecule has 0 aliphatic carbocycles. The molecule has 2 nitrogen and oxygen atoms in total. The van der Waals surface area contributed by atoms with Crippen LogP contribution in [0.3, 0.4) is 0 Å². The molecule has 1 aromatic rings. The van der Waals surface area contributed by atoms with Gasteiger partial charge in [-0.15, -0.1) is 0 Å². The fraction of sp³-hybridized carbons (Fsp3) is 0.643. The van der Waals surface area contributed by atoms with Crippen LogP contribution in [0, 0.1) is 5.95 Å². The summed E-state index contributed by atoms with van der Waals surface area (Å²) < 4.78 is 17.7. The third-order valence-corrected chi connectivity index (χ3v) is 2.00. The molecule has 0 saturated carbocycles. The molecule has 1 rings (SSSR count). The largest absolute Gasteiger partial charge is 0.316 e. The van der Waals surface area contributed by atoms with Crippen molar-refractivity contribution in [3.8, 4) is 0 Å². The first kappa shape index (κ1) is 19.7. The van der Waals surface area contributed by atoms with Crippen molar-refractivity contribution >= 4 is 12.0 Å². The molecule has 0 bridgehead atoms. The minimum atomic E-state index is -0.414. The molecule has 0 fully saturated rings. The van der Waals surface area contributed by atoms with Crippen molar-refractivity contribution in [2.45, 2.75) is 47.0 Å². The van der Waals surface area contributed by atoms with Crippen LogP contribution in [0.15, 0.2) is 18.3 Å². The molecule has 18 heavy (non-hydrogen) atoms. The number of pyridine rings is 1. The molecule has 0 amide bonds. The number of rotatable bonds is 5. The number of aryl methyl sites for hydroxylation is 1. The Labute approximate surface area is 116 Å². The van der Waals surface area contributed by atoms with Gasteiger partial charge >= 0.3 is 0 Å². The minimum Gasteiger partial charge on any atom is -0.316 e. The van der Waals surface area contributed by atoms with E-state index in [0.29, 0.717) is 6.61 Å². The van der Waals surface area contributed by atoms with Crippen molar-refractivity contribution in [3.63, 3.8) is 0 Å². The highest BCUT2D eigenvalue weighted by molar-refractivity contribution is 7.93. The predicted molar refractivity (Wildman–Crippen MR) is 79.3 cm³/mol. The number of hydrogen-bond acceptors (Lipinski definition) is 3. The molecule has 0 aliphatic rings. The lowest BCUT2D eigenvalue weighted by molar-refractivity contribution is 0.366. The van der Waals surface area contributed by atoms with Crippen LogP contribution in [0.5, 0.6) is 0 Å². The summed E-state index contributed by atoms with van der Waals surface area (Å²) in [5.41, 5.74) is 0.970. The Bertz CT molecular complexity index is 272. The van der Waals surface area contributed by atoms with Gasteiger partial charge in [0.25, 0.3) is 0 Å². The normalized spacial score (nSPS) is 8.78. The Kier molecular flexibility index (Phi) is 18.0. The van der Waals surface area contributed by atoms with Crippen LogP contribution in [0.2, 0.25) is 0 Å². The van der Waals surface area contributed by atoms with E-state index < -0.39 is 5.95 Å². The Balaban J connectivity index is 0. The number of nitrogens with zero attached hydrogens (tertiary/aromatic N) is 1. The monoisotopic (exact) mass is 275 g/mol. The Morgan fingerprint density at radius 1 is 1.33 bits per heavy atom. The molecule has 0 atom stereocenters. The quantitative estimate of drug-likeness (QED) is 0.434. The van der Waals surface area contributed by atoms with Gasteiger partial charge in [-0.3, -0.25) is 0 Å². The van der Waals surface area contributed by atoms with E-state index in [9.17, 15) is 4.39 Å². The van der Waals surface area contributed by atoms with Crippen LogP contribution in [0.4, 0.5) is 4.39 Å². The summed E-state index contributed by atoms with van der Waals surface area (Å²) in [6.07, 6.45) is 6.36. The summed E-state index contributed by atoms with van der Waals surface area (Å²) in [5.74, 6) is -0.414. The predicted octanol–water partition coefficient (Wildman–Crippen LogP) is 4.89. The zero-order valence-corrected chi connectivity index (χ0v) is 13.0. The second kappa shape index (κ2) is 16.4.